The van der Waals surface area contributed by atoms with Crippen LogP contribution in [0.1, 0.15) is 1.37 Å². The van der Waals surface area contributed by atoms with E-state index in [0.717, 1.165) is 5.52 Å². The van der Waals surface area contributed by atoms with Crippen LogP contribution in [-0.2, 0) is 6.54 Å². The van der Waals surface area contributed by atoms with Gasteiger partial charge in [0.15, 0.2) is 5.43 Å². The molecule has 1 aromatic heterocycles. The van der Waals surface area contributed by atoms with Gasteiger partial charge in [0.25, 0.3) is 0 Å². The van der Waals surface area contributed by atoms with Gasteiger partial charge in [0, 0.05) is 17.6 Å². The lowest BCUT2D eigenvalue weighted by Gasteiger charge is -2.19. The molecule has 3 heteroatoms. The molecule has 0 radical (unpaired) electrons. The predicted octanol–water partition coefficient (Wildman–Crippen LogP) is 1.39. The smallest absolute Gasteiger partial charge is 0.189 e. The van der Waals surface area contributed by atoms with Crippen molar-refractivity contribution in [2.45, 2.75) is 6.54 Å². The van der Waals surface area contributed by atoms with E-state index in [-0.39, 0.29) is 5.43 Å². The Bertz CT molecular complexity index is 578. The fraction of sp³-hybridized carbons (Fsp3) is 0.182. The minimum Gasteiger partial charge on any atom is -0.490 e. The van der Waals surface area contributed by atoms with Crippen molar-refractivity contribution in [1.29, 1.82) is 0 Å². The molecule has 14 heavy (non-hydrogen) atoms. The molecular formula is C11H9NO2. The quantitative estimate of drug-likeness (QED) is 0.625. The largest absolute Gasteiger partial charge is 0.490 e. The summed E-state index contributed by atoms with van der Waals surface area (Å²) < 4.78 is 14.9. The molecular weight excluding hydrogens is 178 g/mol. The van der Waals surface area contributed by atoms with Gasteiger partial charge < -0.3 is 9.30 Å². The zero-order chi connectivity index (χ0) is 10.4. The average Bonchev–Trinajstić information content (AvgIpc) is 2.23. The number of rotatable bonds is 0. The van der Waals surface area contributed by atoms with Crippen molar-refractivity contribution in [3.63, 3.8) is 0 Å². The fourth-order valence-corrected chi connectivity index (χ4v) is 1.79. The van der Waals surface area contributed by atoms with Crippen LogP contribution in [-0.4, -0.2) is 11.2 Å². The number of hydrogen-bond acceptors (Lipinski definition) is 2. The predicted molar refractivity (Wildman–Crippen MR) is 53.7 cm³/mol. The third-order valence-electron chi connectivity index (χ3n) is 2.44. The van der Waals surface area contributed by atoms with Crippen molar-refractivity contribution in [1.82, 2.24) is 4.57 Å². The van der Waals surface area contributed by atoms with Gasteiger partial charge >= 0.3 is 0 Å². The Labute approximate surface area is 81.9 Å². The van der Waals surface area contributed by atoms with Gasteiger partial charge in [0.2, 0.25) is 0 Å². The Morgan fingerprint density at radius 2 is 2.36 bits per heavy atom. The highest BCUT2D eigenvalue weighted by Gasteiger charge is 2.12. The van der Waals surface area contributed by atoms with Gasteiger partial charge in [-0.05, 0) is 12.1 Å². The molecule has 2 aromatic rings. The SMILES string of the molecule is [2H]C1Cn2ccc(=O)c3cccc(c32)O1. The topological polar surface area (TPSA) is 31.2 Å². The Kier molecular flexibility index (Phi) is 1.24. The second kappa shape index (κ2) is 2.61. The first-order valence-corrected chi connectivity index (χ1v) is 4.47. The Morgan fingerprint density at radius 1 is 1.43 bits per heavy atom. The first-order chi connectivity index (χ1) is 7.25. The van der Waals surface area contributed by atoms with Crippen LogP contribution in [0.3, 0.4) is 0 Å². The summed E-state index contributed by atoms with van der Waals surface area (Å²) in [5.41, 5.74) is 0.795. The standard InChI is InChI=1S/C11H9NO2/c13-9-4-5-12-6-7-14-10-3-1-2-8(9)11(10)12/h1-5H,6-7H2/i7D. The van der Waals surface area contributed by atoms with Gasteiger partial charge in [0.1, 0.15) is 12.3 Å². The molecule has 1 aliphatic heterocycles. The Balaban J connectivity index is 2.47. The highest BCUT2D eigenvalue weighted by atomic mass is 16.5. The molecule has 0 saturated carbocycles. The molecule has 1 unspecified atom stereocenters. The number of hydrogen-bond donors (Lipinski definition) is 0. The van der Waals surface area contributed by atoms with Crippen LogP contribution in [0.5, 0.6) is 5.75 Å². The van der Waals surface area contributed by atoms with Crippen LogP contribution < -0.4 is 10.2 Å². The van der Waals surface area contributed by atoms with E-state index in [4.69, 9.17) is 6.11 Å². The molecule has 1 atom stereocenters. The monoisotopic (exact) mass is 188 g/mol. The summed E-state index contributed by atoms with van der Waals surface area (Å²) in [7, 11) is 0. The van der Waals surface area contributed by atoms with E-state index >= 15 is 0 Å². The van der Waals surface area contributed by atoms with Crippen LogP contribution >= 0.6 is 0 Å². The maximum absolute atomic E-state index is 11.6. The summed E-state index contributed by atoms with van der Waals surface area (Å²) in [6, 6.07) is 6.88. The summed E-state index contributed by atoms with van der Waals surface area (Å²) in [4.78, 5) is 11.6. The van der Waals surface area contributed by atoms with Gasteiger partial charge in [0.05, 0.1) is 13.4 Å². The van der Waals surface area contributed by atoms with Gasteiger partial charge in [-0.2, -0.15) is 0 Å². The van der Waals surface area contributed by atoms with Crippen molar-refractivity contribution in [2.75, 3.05) is 6.58 Å². The molecule has 0 fully saturated rings. The lowest BCUT2D eigenvalue weighted by molar-refractivity contribution is 0.286. The first-order valence-electron chi connectivity index (χ1n) is 5.04. The maximum atomic E-state index is 11.6. The number of benzene rings is 1. The third-order valence-corrected chi connectivity index (χ3v) is 2.44. The summed E-state index contributed by atoms with van der Waals surface area (Å²) in [5, 5.41) is 0.655. The normalized spacial score (nSPS) is 20.3. The molecule has 2 heterocycles. The maximum Gasteiger partial charge on any atom is 0.189 e. The van der Waals surface area contributed by atoms with Crippen molar-refractivity contribution in [3.05, 3.63) is 40.7 Å². The van der Waals surface area contributed by atoms with Crippen molar-refractivity contribution < 1.29 is 6.11 Å². The van der Waals surface area contributed by atoms with Gasteiger partial charge in [-0.15, -0.1) is 0 Å². The Hall–Kier alpha value is -1.77. The molecule has 0 N–H and O–H groups in total. The minimum absolute atomic E-state index is 0.00451. The van der Waals surface area contributed by atoms with Crippen molar-refractivity contribution in [3.8, 4) is 5.75 Å². The van der Waals surface area contributed by atoms with Crippen LogP contribution in [0.4, 0.5) is 0 Å². The second-order valence-corrected chi connectivity index (χ2v) is 3.27. The zero-order valence-corrected chi connectivity index (χ0v) is 7.43. The summed E-state index contributed by atoms with van der Waals surface area (Å²) >= 11 is 0. The number of pyridine rings is 1. The minimum atomic E-state index is -0.592. The number of nitrogens with zero attached hydrogens (tertiary/aromatic N) is 1. The van der Waals surface area contributed by atoms with Gasteiger partial charge in [-0.3, -0.25) is 4.79 Å². The zero-order valence-electron chi connectivity index (χ0n) is 8.43. The molecule has 0 spiro atoms. The number of aryl methyl sites for hydroxylation is 1. The van der Waals surface area contributed by atoms with E-state index in [1.54, 1.807) is 24.4 Å². The third kappa shape index (κ3) is 0.894. The number of para-hydroxylation sites is 1. The molecule has 0 saturated heterocycles. The summed E-state index contributed by atoms with van der Waals surface area (Å²) in [5.74, 6) is 0.622. The number of ether oxygens (including phenoxy) is 1. The van der Waals surface area contributed by atoms with Gasteiger partial charge in [-0.25, -0.2) is 0 Å². The molecule has 70 valence electrons. The summed E-state index contributed by atoms with van der Waals surface area (Å²) in [6.07, 6.45) is 1.72. The fourth-order valence-electron chi connectivity index (χ4n) is 1.79. The lowest BCUT2D eigenvalue weighted by Crippen LogP contribution is -2.18. The average molecular weight is 188 g/mol. The van der Waals surface area contributed by atoms with Crippen molar-refractivity contribution in [2.24, 2.45) is 0 Å². The van der Waals surface area contributed by atoms with E-state index < -0.39 is 6.58 Å². The molecule has 0 bridgehead atoms. The highest BCUT2D eigenvalue weighted by Crippen LogP contribution is 2.25. The second-order valence-electron chi connectivity index (χ2n) is 3.27. The van der Waals surface area contributed by atoms with Crippen LogP contribution in [0, 0.1) is 0 Å². The molecule has 1 aromatic carbocycles. The van der Waals surface area contributed by atoms with Crippen LogP contribution in [0.25, 0.3) is 10.9 Å². The molecule has 0 amide bonds. The Morgan fingerprint density at radius 3 is 3.29 bits per heavy atom. The van der Waals surface area contributed by atoms with E-state index in [1.165, 1.54) is 6.07 Å². The van der Waals surface area contributed by atoms with Gasteiger partial charge in [-0.1, -0.05) is 6.07 Å². The highest BCUT2D eigenvalue weighted by molar-refractivity contribution is 5.85. The van der Waals surface area contributed by atoms with E-state index in [1.807, 2.05) is 4.57 Å². The first kappa shape index (κ1) is 6.65. The lowest BCUT2D eigenvalue weighted by atomic mass is 10.2. The van der Waals surface area contributed by atoms with Crippen LogP contribution in [0.15, 0.2) is 35.3 Å². The summed E-state index contributed by atoms with van der Waals surface area (Å²) in [6.45, 7) is -0.126. The molecule has 3 nitrogen and oxygen atoms in total. The molecule has 1 aliphatic rings. The van der Waals surface area contributed by atoms with E-state index in [2.05, 4.69) is 0 Å². The molecule has 0 aliphatic carbocycles. The molecule has 3 rings (SSSR count). The van der Waals surface area contributed by atoms with Crippen LogP contribution in [0.2, 0.25) is 0 Å². The van der Waals surface area contributed by atoms with E-state index in [9.17, 15) is 4.79 Å². The number of aromatic nitrogens is 1. The van der Waals surface area contributed by atoms with E-state index in [0.29, 0.717) is 17.7 Å². The van der Waals surface area contributed by atoms with Crippen molar-refractivity contribution >= 4 is 10.9 Å².